The summed E-state index contributed by atoms with van der Waals surface area (Å²) in [5.41, 5.74) is 1.36. The van der Waals surface area contributed by atoms with Gasteiger partial charge in [0.25, 0.3) is 0 Å². The summed E-state index contributed by atoms with van der Waals surface area (Å²) >= 11 is 3.27. The summed E-state index contributed by atoms with van der Waals surface area (Å²) in [6.45, 7) is 0. The zero-order valence-electron chi connectivity index (χ0n) is 9.76. The van der Waals surface area contributed by atoms with Gasteiger partial charge in [0.15, 0.2) is 0 Å². The van der Waals surface area contributed by atoms with Crippen LogP contribution in [-0.2, 0) is 25.2 Å². The van der Waals surface area contributed by atoms with Crippen molar-refractivity contribution in [2.24, 2.45) is 0 Å². The smallest absolute Gasteiger partial charge is 0.233 e. The Bertz CT molecular complexity index is 611. The Morgan fingerprint density at radius 3 is 2.39 bits per heavy atom. The van der Waals surface area contributed by atoms with E-state index < -0.39 is 25.6 Å². The molecule has 0 aliphatic carbocycles. The molecule has 0 saturated carbocycles. The molecule has 0 spiro atoms. The predicted molar refractivity (Wildman–Crippen MR) is 76.2 cm³/mol. The van der Waals surface area contributed by atoms with Crippen LogP contribution in [0.2, 0.25) is 0 Å². The Balaban J connectivity index is 2.76. The summed E-state index contributed by atoms with van der Waals surface area (Å²) in [7, 11) is -6.93. The predicted octanol–water partition coefficient (Wildman–Crippen LogP) is 1.37. The second kappa shape index (κ2) is 6.03. The summed E-state index contributed by atoms with van der Waals surface area (Å²) in [6.07, 6.45) is 1.01. The van der Waals surface area contributed by atoms with Gasteiger partial charge in [0.1, 0.15) is 9.84 Å². The molecule has 1 rings (SSSR count). The molecule has 5 nitrogen and oxygen atoms in total. The van der Waals surface area contributed by atoms with E-state index in [1.54, 1.807) is 18.2 Å². The van der Waals surface area contributed by atoms with Crippen LogP contribution in [-0.4, -0.2) is 34.6 Å². The van der Waals surface area contributed by atoms with E-state index in [1.165, 1.54) is 0 Å². The number of anilines is 1. The third kappa shape index (κ3) is 5.83. The summed E-state index contributed by atoms with van der Waals surface area (Å²) in [5, 5.41) is 0.617. The van der Waals surface area contributed by atoms with Crippen LogP contribution in [0.25, 0.3) is 0 Å². The van der Waals surface area contributed by atoms with Crippen LogP contribution < -0.4 is 4.72 Å². The first-order valence-electron chi connectivity index (χ1n) is 5.05. The van der Waals surface area contributed by atoms with Gasteiger partial charge >= 0.3 is 0 Å². The molecule has 0 aliphatic rings. The van der Waals surface area contributed by atoms with E-state index in [9.17, 15) is 16.8 Å². The average molecular weight is 356 g/mol. The lowest BCUT2D eigenvalue weighted by Crippen LogP contribution is -2.22. The largest absolute Gasteiger partial charge is 0.284 e. The molecule has 0 radical (unpaired) electrons. The molecule has 0 saturated heterocycles. The Hall–Kier alpha value is -0.600. The van der Waals surface area contributed by atoms with Crippen molar-refractivity contribution < 1.29 is 16.8 Å². The van der Waals surface area contributed by atoms with E-state index in [0.29, 0.717) is 11.0 Å². The number of alkyl halides is 1. The molecule has 102 valence electrons. The Labute approximate surface area is 116 Å². The number of rotatable bonds is 6. The van der Waals surface area contributed by atoms with Gasteiger partial charge in [0.2, 0.25) is 10.0 Å². The number of sulfone groups is 1. The van der Waals surface area contributed by atoms with Crippen LogP contribution in [0.4, 0.5) is 5.69 Å². The minimum Gasteiger partial charge on any atom is -0.284 e. The third-order valence-electron chi connectivity index (χ3n) is 2.08. The third-order valence-corrected chi connectivity index (χ3v) is 5.22. The second-order valence-corrected chi connectivity index (χ2v) is 8.55. The second-order valence-electron chi connectivity index (χ2n) is 3.88. The van der Waals surface area contributed by atoms with Gasteiger partial charge in [-0.25, -0.2) is 16.8 Å². The van der Waals surface area contributed by atoms with Crippen molar-refractivity contribution >= 4 is 41.5 Å². The minimum absolute atomic E-state index is 0.388. The van der Waals surface area contributed by atoms with Crippen LogP contribution in [0, 0.1) is 0 Å². The van der Waals surface area contributed by atoms with Gasteiger partial charge in [-0.2, -0.15) is 0 Å². The average Bonchev–Trinajstić information content (AvgIpc) is 2.25. The fourth-order valence-corrected chi connectivity index (χ4v) is 4.24. The first-order chi connectivity index (χ1) is 8.22. The van der Waals surface area contributed by atoms with E-state index in [1.807, 2.05) is 6.07 Å². The maximum Gasteiger partial charge on any atom is 0.233 e. The molecule has 0 fully saturated rings. The Morgan fingerprint density at radius 2 is 1.83 bits per heavy atom. The van der Waals surface area contributed by atoms with Crippen molar-refractivity contribution in [1.29, 1.82) is 0 Å². The minimum atomic E-state index is -3.64. The van der Waals surface area contributed by atoms with Crippen molar-refractivity contribution in [2.75, 3.05) is 22.5 Å². The standard InChI is InChI=1S/C10H14BrNO4S2/c1-17(13,14)5-6-18(15,16)12-10-4-2-3-9(7-10)8-11/h2-4,7,12H,5-6,8H2,1H3. The molecular formula is C10H14BrNO4S2. The first-order valence-corrected chi connectivity index (χ1v) is 9.88. The highest BCUT2D eigenvalue weighted by molar-refractivity contribution is 9.08. The topological polar surface area (TPSA) is 80.3 Å². The number of nitrogens with one attached hydrogen (secondary N) is 1. The fourth-order valence-electron chi connectivity index (χ4n) is 1.21. The van der Waals surface area contributed by atoms with Crippen molar-refractivity contribution in [3.63, 3.8) is 0 Å². The van der Waals surface area contributed by atoms with Crippen LogP contribution in [0.3, 0.4) is 0 Å². The number of hydrogen-bond donors (Lipinski definition) is 1. The van der Waals surface area contributed by atoms with Crippen LogP contribution in [0.1, 0.15) is 5.56 Å². The number of hydrogen-bond acceptors (Lipinski definition) is 4. The van der Waals surface area contributed by atoms with Crippen LogP contribution in [0.15, 0.2) is 24.3 Å². The summed E-state index contributed by atoms with van der Waals surface area (Å²) < 4.78 is 47.5. The van der Waals surface area contributed by atoms with E-state index >= 15 is 0 Å². The summed E-state index contributed by atoms with van der Waals surface area (Å²) in [4.78, 5) is 0. The molecule has 0 bridgehead atoms. The lowest BCUT2D eigenvalue weighted by atomic mass is 10.2. The molecule has 1 N–H and O–H groups in total. The molecule has 0 amide bonds. The molecule has 0 aromatic heterocycles. The van der Waals surface area contributed by atoms with Crippen molar-refractivity contribution in [3.8, 4) is 0 Å². The molecule has 0 heterocycles. The monoisotopic (exact) mass is 355 g/mol. The molecular weight excluding hydrogens is 342 g/mol. The van der Waals surface area contributed by atoms with E-state index in [0.717, 1.165) is 11.8 Å². The van der Waals surface area contributed by atoms with Gasteiger partial charge in [-0.15, -0.1) is 0 Å². The number of benzene rings is 1. The van der Waals surface area contributed by atoms with E-state index in [4.69, 9.17) is 0 Å². The van der Waals surface area contributed by atoms with E-state index in [-0.39, 0.29) is 5.75 Å². The van der Waals surface area contributed by atoms with Gasteiger partial charge in [0, 0.05) is 17.3 Å². The highest BCUT2D eigenvalue weighted by Crippen LogP contribution is 2.14. The highest BCUT2D eigenvalue weighted by Gasteiger charge is 2.14. The zero-order valence-corrected chi connectivity index (χ0v) is 13.0. The van der Waals surface area contributed by atoms with Gasteiger partial charge in [-0.05, 0) is 17.7 Å². The molecule has 0 aliphatic heterocycles. The van der Waals surface area contributed by atoms with Gasteiger partial charge in [0.05, 0.1) is 11.5 Å². The van der Waals surface area contributed by atoms with Gasteiger partial charge < -0.3 is 0 Å². The quantitative estimate of drug-likeness (QED) is 0.781. The summed E-state index contributed by atoms with van der Waals surface area (Å²) in [5.74, 6) is -0.829. The molecule has 1 aromatic rings. The maximum atomic E-state index is 11.7. The molecule has 0 unspecified atom stereocenters. The molecule has 18 heavy (non-hydrogen) atoms. The first kappa shape index (κ1) is 15.5. The fraction of sp³-hybridized carbons (Fsp3) is 0.400. The van der Waals surface area contributed by atoms with Crippen molar-refractivity contribution in [1.82, 2.24) is 0 Å². The normalized spacial score (nSPS) is 12.3. The molecule has 8 heteroatoms. The van der Waals surface area contributed by atoms with Crippen molar-refractivity contribution in [3.05, 3.63) is 29.8 Å². The lowest BCUT2D eigenvalue weighted by molar-refractivity contribution is 0.593. The SMILES string of the molecule is CS(=O)(=O)CCS(=O)(=O)Nc1cccc(CBr)c1. The van der Waals surface area contributed by atoms with Crippen LogP contribution in [0.5, 0.6) is 0 Å². The summed E-state index contributed by atoms with van der Waals surface area (Å²) in [6, 6.07) is 6.88. The van der Waals surface area contributed by atoms with Crippen LogP contribution >= 0.6 is 15.9 Å². The molecule has 0 atom stereocenters. The van der Waals surface area contributed by atoms with E-state index in [2.05, 4.69) is 20.7 Å². The lowest BCUT2D eigenvalue weighted by Gasteiger charge is -2.08. The number of sulfonamides is 1. The maximum absolute atomic E-state index is 11.7. The molecule has 1 aromatic carbocycles. The Kier molecular flexibility index (Phi) is 5.18. The zero-order chi connectivity index (χ0) is 13.8. The van der Waals surface area contributed by atoms with Crippen molar-refractivity contribution in [2.45, 2.75) is 5.33 Å². The van der Waals surface area contributed by atoms with Gasteiger partial charge in [-0.3, -0.25) is 4.72 Å². The Morgan fingerprint density at radius 1 is 1.17 bits per heavy atom. The van der Waals surface area contributed by atoms with Gasteiger partial charge in [-0.1, -0.05) is 28.1 Å². The number of halogens is 1. The highest BCUT2D eigenvalue weighted by atomic mass is 79.9.